The van der Waals surface area contributed by atoms with E-state index in [1.54, 1.807) is 0 Å². The van der Waals surface area contributed by atoms with E-state index in [0.29, 0.717) is 12.5 Å². The highest BCUT2D eigenvalue weighted by Crippen LogP contribution is 2.16. The molecule has 108 valence electrons. The van der Waals surface area contributed by atoms with Crippen LogP contribution in [0.5, 0.6) is 0 Å². The number of rotatable bonds is 4. The predicted molar refractivity (Wildman–Crippen MR) is 76.9 cm³/mol. The largest absolute Gasteiger partial charge is 0.444 e. The Kier molecular flexibility index (Phi) is 6.17. The molecule has 1 aliphatic heterocycles. The fraction of sp³-hybridized carbons (Fsp3) is 0.800. The molecule has 4 nitrogen and oxygen atoms in total. The van der Waals surface area contributed by atoms with Gasteiger partial charge in [-0.15, -0.1) is 12.3 Å². The quantitative estimate of drug-likeness (QED) is 0.794. The SMILES string of the molecule is C#CCCN1CCC(CNC(=O)OC(C)(C)C)CC1. The molecular weight excluding hydrogens is 240 g/mol. The highest BCUT2D eigenvalue weighted by molar-refractivity contribution is 5.67. The molecule has 1 aliphatic rings. The van der Waals surface area contributed by atoms with Crippen LogP contribution in [0, 0.1) is 18.3 Å². The molecule has 19 heavy (non-hydrogen) atoms. The van der Waals surface area contributed by atoms with Gasteiger partial charge < -0.3 is 15.0 Å². The zero-order valence-corrected chi connectivity index (χ0v) is 12.4. The van der Waals surface area contributed by atoms with Crippen LogP contribution in [0.15, 0.2) is 0 Å². The summed E-state index contributed by atoms with van der Waals surface area (Å²) < 4.78 is 5.22. The lowest BCUT2D eigenvalue weighted by Crippen LogP contribution is -2.40. The normalized spacial score (nSPS) is 17.8. The van der Waals surface area contributed by atoms with Gasteiger partial charge in [-0.25, -0.2) is 4.79 Å². The lowest BCUT2D eigenvalue weighted by Gasteiger charge is -2.31. The molecule has 0 saturated carbocycles. The number of ether oxygens (including phenoxy) is 1. The van der Waals surface area contributed by atoms with Gasteiger partial charge in [0.25, 0.3) is 0 Å². The third-order valence-electron chi connectivity index (χ3n) is 3.21. The first-order chi connectivity index (χ1) is 8.90. The average Bonchev–Trinajstić information content (AvgIpc) is 2.33. The number of alkyl carbamates (subject to hydrolysis) is 1. The summed E-state index contributed by atoms with van der Waals surface area (Å²) in [5.41, 5.74) is -0.428. The number of nitrogens with zero attached hydrogens (tertiary/aromatic N) is 1. The van der Waals surface area contributed by atoms with Crippen molar-refractivity contribution in [2.75, 3.05) is 26.2 Å². The number of hydrogen-bond acceptors (Lipinski definition) is 3. The van der Waals surface area contributed by atoms with Crippen LogP contribution in [0.25, 0.3) is 0 Å². The second-order valence-corrected chi connectivity index (χ2v) is 6.12. The van der Waals surface area contributed by atoms with Crippen molar-refractivity contribution in [2.24, 2.45) is 5.92 Å². The highest BCUT2D eigenvalue weighted by atomic mass is 16.6. The van der Waals surface area contributed by atoms with Crippen LogP contribution in [0.2, 0.25) is 0 Å². The number of carbonyl (C=O) groups is 1. The van der Waals surface area contributed by atoms with Crippen molar-refractivity contribution in [3.63, 3.8) is 0 Å². The first kappa shape index (κ1) is 15.8. The molecule has 1 N–H and O–H groups in total. The molecule has 0 aromatic rings. The zero-order chi connectivity index (χ0) is 14.3. The predicted octanol–water partition coefficient (Wildman–Crippen LogP) is 2.25. The zero-order valence-electron chi connectivity index (χ0n) is 12.4. The average molecular weight is 266 g/mol. The van der Waals surface area contributed by atoms with Crippen LogP contribution in [-0.4, -0.2) is 42.8 Å². The molecule has 0 aliphatic carbocycles. The third-order valence-corrected chi connectivity index (χ3v) is 3.21. The number of carbonyl (C=O) groups excluding carboxylic acids is 1. The van der Waals surface area contributed by atoms with Crippen LogP contribution in [0.4, 0.5) is 4.79 Å². The van der Waals surface area contributed by atoms with Gasteiger partial charge in [-0.2, -0.15) is 0 Å². The van der Waals surface area contributed by atoms with Crippen molar-refractivity contribution in [1.82, 2.24) is 10.2 Å². The van der Waals surface area contributed by atoms with Gasteiger partial charge in [0.2, 0.25) is 0 Å². The van der Waals surface area contributed by atoms with Crippen molar-refractivity contribution in [3.8, 4) is 12.3 Å². The summed E-state index contributed by atoms with van der Waals surface area (Å²) in [6.07, 6.45) is 7.99. The van der Waals surface area contributed by atoms with Crippen molar-refractivity contribution >= 4 is 6.09 Å². The lowest BCUT2D eigenvalue weighted by atomic mass is 9.97. The van der Waals surface area contributed by atoms with Crippen LogP contribution in [-0.2, 0) is 4.74 Å². The van der Waals surface area contributed by atoms with Crippen molar-refractivity contribution in [3.05, 3.63) is 0 Å². The molecule has 0 spiro atoms. The maximum Gasteiger partial charge on any atom is 0.407 e. The Morgan fingerprint density at radius 3 is 2.58 bits per heavy atom. The van der Waals surface area contributed by atoms with E-state index in [4.69, 9.17) is 11.2 Å². The van der Waals surface area contributed by atoms with Crippen LogP contribution >= 0.6 is 0 Å². The Morgan fingerprint density at radius 1 is 1.42 bits per heavy atom. The summed E-state index contributed by atoms with van der Waals surface area (Å²) in [6, 6.07) is 0. The van der Waals surface area contributed by atoms with E-state index in [1.165, 1.54) is 0 Å². The molecule has 4 heteroatoms. The molecule has 1 rings (SSSR count). The molecule has 1 saturated heterocycles. The van der Waals surface area contributed by atoms with Gasteiger partial charge in [0.1, 0.15) is 5.60 Å². The Balaban J connectivity index is 2.16. The highest BCUT2D eigenvalue weighted by Gasteiger charge is 2.21. The summed E-state index contributed by atoms with van der Waals surface area (Å²) >= 11 is 0. The van der Waals surface area contributed by atoms with E-state index < -0.39 is 5.60 Å². The minimum atomic E-state index is -0.428. The van der Waals surface area contributed by atoms with Gasteiger partial charge in [0, 0.05) is 19.5 Å². The minimum Gasteiger partial charge on any atom is -0.444 e. The first-order valence-electron chi connectivity index (χ1n) is 7.03. The first-order valence-corrected chi connectivity index (χ1v) is 7.03. The maximum absolute atomic E-state index is 11.5. The molecular formula is C15H26N2O2. The Bertz CT molecular complexity index is 320. The molecule has 1 heterocycles. The number of nitrogens with one attached hydrogen (secondary N) is 1. The Hall–Kier alpha value is -1.21. The van der Waals surface area contributed by atoms with Gasteiger partial charge in [-0.3, -0.25) is 0 Å². The number of amides is 1. The molecule has 0 atom stereocenters. The fourth-order valence-electron chi connectivity index (χ4n) is 2.18. The number of hydrogen-bond donors (Lipinski definition) is 1. The van der Waals surface area contributed by atoms with Gasteiger partial charge in [-0.05, 0) is 52.6 Å². The van der Waals surface area contributed by atoms with Gasteiger partial charge in [0.15, 0.2) is 0 Å². The van der Waals surface area contributed by atoms with Crippen molar-refractivity contribution < 1.29 is 9.53 Å². The monoisotopic (exact) mass is 266 g/mol. The molecule has 1 amide bonds. The Morgan fingerprint density at radius 2 is 2.05 bits per heavy atom. The van der Waals surface area contributed by atoms with Gasteiger partial charge >= 0.3 is 6.09 Å². The second kappa shape index (κ2) is 7.40. The summed E-state index contributed by atoms with van der Waals surface area (Å²) in [4.78, 5) is 13.9. The molecule has 1 fully saturated rings. The van der Waals surface area contributed by atoms with Crippen LogP contribution < -0.4 is 5.32 Å². The third kappa shape index (κ3) is 7.07. The standard InChI is InChI=1S/C15H26N2O2/c1-5-6-9-17-10-7-13(8-11-17)12-16-14(18)19-15(2,3)4/h1,13H,6-12H2,2-4H3,(H,16,18). The topological polar surface area (TPSA) is 41.6 Å². The molecule has 0 radical (unpaired) electrons. The van der Waals surface area contributed by atoms with Crippen LogP contribution in [0.1, 0.15) is 40.0 Å². The van der Waals surface area contributed by atoms with E-state index in [2.05, 4.69) is 16.1 Å². The molecule has 0 aromatic heterocycles. The summed E-state index contributed by atoms with van der Waals surface area (Å²) in [6.45, 7) is 9.45. The van der Waals surface area contributed by atoms with E-state index in [9.17, 15) is 4.79 Å². The molecule has 0 bridgehead atoms. The minimum absolute atomic E-state index is 0.317. The molecule has 0 unspecified atom stereocenters. The lowest BCUT2D eigenvalue weighted by molar-refractivity contribution is 0.0510. The number of likely N-dealkylation sites (tertiary alicyclic amines) is 1. The van der Waals surface area contributed by atoms with Gasteiger partial charge in [0.05, 0.1) is 0 Å². The Labute approximate surface area is 116 Å². The van der Waals surface area contributed by atoms with Crippen molar-refractivity contribution in [1.29, 1.82) is 0 Å². The number of piperidine rings is 1. The number of terminal acetylenes is 1. The van der Waals surface area contributed by atoms with E-state index in [-0.39, 0.29) is 6.09 Å². The fourth-order valence-corrected chi connectivity index (χ4v) is 2.18. The van der Waals surface area contributed by atoms with Gasteiger partial charge in [-0.1, -0.05) is 0 Å². The molecule has 0 aromatic carbocycles. The smallest absolute Gasteiger partial charge is 0.407 e. The summed E-state index contributed by atoms with van der Waals surface area (Å²) in [5.74, 6) is 3.22. The summed E-state index contributed by atoms with van der Waals surface area (Å²) in [5, 5.41) is 2.85. The van der Waals surface area contributed by atoms with E-state index in [0.717, 1.165) is 38.9 Å². The van der Waals surface area contributed by atoms with E-state index in [1.807, 2.05) is 20.8 Å². The van der Waals surface area contributed by atoms with Crippen molar-refractivity contribution in [2.45, 2.75) is 45.6 Å². The van der Waals surface area contributed by atoms with Crippen LogP contribution in [0.3, 0.4) is 0 Å². The maximum atomic E-state index is 11.5. The second-order valence-electron chi connectivity index (χ2n) is 6.12. The summed E-state index contributed by atoms with van der Waals surface area (Å²) in [7, 11) is 0. The van der Waals surface area contributed by atoms with E-state index >= 15 is 0 Å².